The maximum absolute atomic E-state index is 3.83. The van der Waals surface area contributed by atoms with Crippen molar-refractivity contribution in [2.45, 2.75) is 41.4 Å². The quantitative estimate of drug-likeness (QED) is 0.891. The minimum atomic E-state index is 0.516. The van der Waals surface area contributed by atoms with Crippen molar-refractivity contribution in [1.29, 1.82) is 0 Å². The third-order valence-corrected chi connectivity index (χ3v) is 6.92. The van der Waals surface area contributed by atoms with E-state index in [0.717, 1.165) is 0 Å². The predicted molar refractivity (Wildman–Crippen MR) is 82.6 cm³/mol. The van der Waals surface area contributed by atoms with Crippen LogP contribution in [0.1, 0.15) is 37.3 Å². The zero-order valence-corrected chi connectivity index (χ0v) is 12.6. The van der Waals surface area contributed by atoms with Crippen molar-refractivity contribution >= 4 is 23.5 Å². The molecular formula is C15H21NS2. The summed E-state index contributed by atoms with van der Waals surface area (Å²) in [6.07, 6.45) is 7.90. The number of thioether (sulfide) groups is 2. The first kappa shape index (κ1) is 12.9. The van der Waals surface area contributed by atoms with Gasteiger partial charge in [0.1, 0.15) is 0 Å². The first-order chi connectivity index (χ1) is 8.83. The number of benzene rings is 1. The van der Waals surface area contributed by atoms with Gasteiger partial charge in [-0.2, -0.15) is 11.8 Å². The van der Waals surface area contributed by atoms with Gasteiger partial charge in [-0.15, -0.1) is 11.8 Å². The molecule has 1 unspecified atom stereocenters. The molecule has 1 N–H and O–H groups in total. The molecule has 1 aromatic rings. The Morgan fingerprint density at radius 3 is 2.89 bits per heavy atom. The van der Waals surface area contributed by atoms with Gasteiger partial charge >= 0.3 is 0 Å². The summed E-state index contributed by atoms with van der Waals surface area (Å²) >= 11 is 4.07. The summed E-state index contributed by atoms with van der Waals surface area (Å²) in [5.74, 6) is 1.20. The molecule has 0 saturated heterocycles. The Hall–Kier alpha value is -0.120. The molecule has 0 radical (unpaired) electrons. The summed E-state index contributed by atoms with van der Waals surface area (Å²) in [6, 6.07) is 9.42. The molecule has 2 aliphatic rings. The highest BCUT2D eigenvalue weighted by Gasteiger charge is 2.34. The standard InChI is InChI=1S/C15H21NS2/c1-17-15(8-4-5-9-15)11-16-13-10-18-14-7-3-2-6-12(13)14/h2-3,6-7,13,16H,4-5,8-11H2,1H3. The fourth-order valence-electron chi connectivity index (χ4n) is 3.11. The van der Waals surface area contributed by atoms with Crippen LogP contribution in [0.25, 0.3) is 0 Å². The van der Waals surface area contributed by atoms with Gasteiger partial charge < -0.3 is 5.32 Å². The highest BCUT2D eigenvalue weighted by molar-refractivity contribution is 8.00. The van der Waals surface area contributed by atoms with Crippen molar-refractivity contribution in [2.75, 3.05) is 18.6 Å². The molecule has 1 nitrogen and oxygen atoms in total. The lowest BCUT2D eigenvalue weighted by Crippen LogP contribution is -2.37. The zero-order chi connectivity index (χ0) is 12.4. The first-order valence-electron chi connectivity index (χ1n) is 6.83. The van der Waals surface area contributed by atoms with Crippen LogP contribution >= 0.6 is 23.5 Å². The Kier molecular flexibility index (Phi) is 3.92. The fraction of sp³-hybridized carbons (Fsp3) is 0.600. The number of rotatable bonds is 4. The minimum absolute atomic E-state index is 0.516. The van der Waals surface area contributed by atoms with Crippen molar-refractivity contribution in [2.24, 2.45) is 0 Å². The van der Waals surface area contributed by atoms with Crippen molar-refractivity contribution in [3.63, 3.8) is 0 Å². The van der Waals surface area contributed by atoms with Crippen LogP contribution < -0.4 is 5.32 Å². The average molecular weight is 279 g/mol. The van der Waals surface area contributed by atoms with Gasteiger partial charge in [0, 0.05) is 28.0 Å². The largest absolute Gasteiger partial charge is 0.308 e. The van der Waals surface area contributed by atoms with Gasteiger partial charge in [-0.05, 0) is 30.7 Å². The van der Waals surface area contributed by atoms with Crippen molar-refractivity contribution in [3.05, 3.63) is 29.8 Å². The second kappa shape index (κ2) is 5.48. The van der Waals surface area contributed by atoms with Gasteiger partial charge in [-0.25, -0.2) is 0 Å². The number of hydrogen-bond donors (Lipinski definition) is 1. The molecule has 1 aliphatic carbocycles. The second-order valence-corrected chi connectivity index (χ2v) is 7.71. The Morgan fingerprint density at radius 1 is 1.33 bits per heavy atom. The van der Waals surface area contributed by atoms with E-state index < -0.39 is 0 Å². The van der Waals surface area contributed by atoms with E-state index in [0.29, 0.717) is 10.8 Å². The molecule has 0 spiro atoms. The van der Waals surface area contributed by atoms with E-state index in [2.05, 4.69) is 47.6 Å². The average Bonchev–Trinajstić information content (AvgIpc) is 3.04. The van der Waals surface area contributed by atoms with E-state index in [1.807, 2.05) is 11.8 Å². The van der Waals surface area contributed by atoms with Gasteiger partial charge in [0.15, 0.2) is 0 Å². The molecule has 0 bridgehead atoms. The Bertz CT molecular complexity index is 413. The van der Waals surface area contributed by atoms with Crippen LogP contribution in [0, 0.1) is 0 Å². The van der Waals surface area contributed by atoms with Crippen LogP contribution in [0.15, 0.2) is 29.2 Å². The molecule has 0 aromatic heterocycles. The summed E-state index contributed by atoms with van der Waals surface area (Å²) in [5.41, 5.74) is 1.51. The van der Waals surface area contributed by atoms with E-state index >= 15 is 0 Å². The van der Waals surface area contributed by atoms with E-state index in [4.69, 9.17) is 0 Å². The molecule has 3 heteroatoms. The van der Waals surface area contributed by atoms with Gasteiger partial charge in [-0.3, -0.25) is 0 Å². The maximum Gasteiger partial charge on any atom is 0.0427 e. The van der Waals surface area contributed by atoms with E-state index in [1.54, 1.807) is 0 Å². The van der Waals surface area contributed by atoms with Crippen LogP contribution in [0.3, 0.4) is 0 Å². The van der Waals surface area contributed by atoms with Crippen LogP contribution in [0.5, 0.6) is 0 Å². The normalized spacial score (nSPS) is 25.3. The monoisotopic (exact) mass is 279 g/mol. The lowest BCUT2D eigenvalue weighted by molar-refractivity contribution is 0.491. The van der Waals surface area contributed by atoms with Crippen LogP contribution in [-0.4, -0.2) is 23.3 Å². The number of fused-ring (bicyclic) bond motifs is 1. The van der Waals surface area contributed by atoms with Crippen LogP contribution in [-0.2, 0) is 0 Å². The number of hydrogen-bond acceptors (Lipinski definition) is 3. The summed E-state index contributed by atoms with van der Waals surface area (Å²) in [7, 11) is 0. The summed E-state index contributed by atoms with van der Waals surface area (Å²) in [4.78, 5) is 1.47. The Morgan fingerprint density at radius 2 is 2.11 bits per heavy atom. The fourth-order valence-corrected chi connectivity index (χ4v) is 5.23. The van der Waals surface area contributed by atoms with Crippen molar-refractivity contribution in [1.82, 2.24) is 5.32 Å². The molecule has 98 valence electrons. The van der Waals surface area contributed by atoms with Crippen molar-refractivity contribution in [3.8, 4) is 0 Å². The molecule has 3 rings (SSSR count). The molecule has 1 aromatic carbocycles. The summed E-state index contributed by atoms with van der Waals surface area (Å²) in [6.45, 7) is 1.17. The zero-order valence-electron chi connectivity index (χ0n) is 10.9. The van der Waals surface area contributed by atoms with Gasteiger partial charge in [0.05, 0.1) is 0 Å². The van der Waals surface area contributed by atoms with Gasteiger partial charge in [0.25, 0.3) is 0 Å². The van der Waals surface area contributed by atoms with Gasteiger partial charge in [0.2, 0.25) is 0 Å². The second-order valence-electron chi connectivity index (χ2n) is 5.38. The molecule has 1 atom stereocenters. The smallest absolute Gasteiger partial charge is 0.0427 e. The molecule has 1 saturated carbocycles. The third kappa shape index (κ3) is 2.45. The van der Waals surface area contributed by atoms with E-state index in [-0.39, 0.29) is 0 Å². The molecular weight excluding hydrogens is 258 g/mol. The Balaban J connectivity index is 1.65. The minimum Gasteiger partial charge on any atom is -0.308 e. The Labute approximate surface area is 119 Å². The predicted octanol–water partition coefficient (Wildman–Crippen LogP) is 4.10. The summed E-state index contributed by atoms with van der Waals surface area (Å²) in [5, 5.41) is 3.83. The SMILES string of the molecule is CSC1(CNC2CSc3ccccc32)CCCC1. The maximum atomic E-state index is 3.83. The van der Waals surface area contributed by atoms with Crippen LogP contribution in [0.2, 0.25) is 0 Å². The molecule has 1 fully saturated rings. The first-order valence-corrected chi connectivity index (χ1v) is 9.04. The number of nitrogens with one attached hydrogen (secondary N) is 1. The van der Waals surface area contributed by atoms with E-state index in [1.165, 1.54) is 48.4 Å². The lowest BCUT2D eigenvalue weighted by atomic mass is 10.0. The highest BCUT2D eigenvalue weighted by Crippen LogP contribution is 2.42. The lowest BCUT2D eigenvalue weighted by Gasteiger charge is -2.29. The molecule has 1 aliphatic heterocycles. The highest BCUT2D eigenvalue weighted by atomic mass is 32.2. The van der Waals surface area contributed by atoms with E-state index in [9.17, 15) is 0 Å². The van der Waals surface area contributed by atoms with Crippen molar-refractivity contribution < 1.29 is 0 Å². The summed E-state index contributed by atoms with van der Waals surface area (Å²) < 4.78 is 0.516. The topological polar surface area (TPSA) is 12.0 Å². The molecule has 1 heterocycles. The molecule has 0 amide bonds. The molecule has 18 heavy (non-hydrogen) atoms. The van der Waals surface area contributed by atoms with Gasteiger partial charge in [-0.1, -0.05) is 31.0 Å². The van der Waals surface area contributed by atoms with Crippen LogP contribution in [0.4, 0.5) is 0 Å². The third-order valence-electron chi connectivity index (χ3n) is 4.32.